The lowest BCUT2D eigenvalue weighted by molar-refractivity contribution is -0.136. The SMILES string of the molecule is COc1ccc(C(=O)NCCc2ccc(CCC(=O)O)cc2)cc1. The van der Waals surface area contributed by atoms with Gasteiger partial charge in [0, 0.05) is 18.5 Å². The van der Waals surface area contributed by atoms with Crippen LogP contribution >= 0.6 is 0 Å². The van der Waals surface area contributed by atoms with E-state index in [2.05, 4.69) is 5.32 Å². The lowest BCUT2D eigenvalue weighted by atomic mass is 10.1. The van der Waals surface area contributed by atoms with Gasteiger partial charge in [0.05, 0.1) is 7.11 Å². The monoisotopic (exact) mass is 327 g/mol. The van der Waals surface area contributed by atoms with Gasteiger partial charge in [0.25, 0.3) is 5.91 Å². The minimum Gasteiger partial charge on any atom is -0.497 e. The summed E-state index contributed by atoms with van der Waals surface area (Å²) in [4.78, 5) is 22.6. The van der Waals surface area contributed by atoms with Crippen LogP contribution in [0.25, 0.3) is 0 Å². The van der Waals surface area contributed by atoms with Crippen LogP contribution in [0.1, 0.15) is 27.9 Å². The molecule has 0 saturated carbocycles. The van der Waals surface area contributed by atoms with Crippen LogP contribution in [0.4, 0.5) is 0 Å². The van der Waals surface area contributed by atoms with Crippen molar-refractivity contribution in [2.45, 2.75) is 19.3 Å². The molecule has 1 amide bonds. The Kier molecular flexibility index (Phi) is 6.37. The number of hydrogen-bond donors (Lipinski definition) is 2. The normalized spacial score (nSPS) is 10.2. The summed E-state index contributed by atoms with van der Waals surface area (Å²) < 4.78 is 5.06. The van der Waals surface area contributed by atoms with E-state index in [1.165, 1.54) is 0 Å². The van der Waals surface area contributed by atoms with E-state index in [0.717, 1.165) is 23.3 Å². The summed E-state index contributed by atoms with van der Waals surface area (Å²) in [5.41, 5.74) is 2.70. The van der Waals surface area contributed by atoms with Crippen molar-refractivity contribution in [3.8, 4) is 5.75 Å². The molecule has 0 atom stereocenters. The molecule has 5 nitrogen and oxygen atoms in total. The van der Waals surface area contributed by atoms with E-state index in [-0.39, 0.29) is 12.3 Å². The number of carbonyl (C=O) groups is 2. The maximum Gasteiger partial charge on any atom is 0.303 e. The largest absolute Gasteiger partial charge is 0.497 e. The van der Waals surface area contributed by atoms with E-state index in [1.54, 1.807) is 31.4 Å². The van der Waals surface area contributed by atoms with Crippen LogP contribution < -0.4 is 10.1 Å². The van der Waals surface area contributed by atoms with Crippen LogP contribution in [-0.4, -0.2) is 30.6 Å². The minimum atomic E-state index is -0.791. The maximum atomic E-state index is 12.0. The van der Waals surface area contributed by atoms with Gasteiger partial charge < -0.3 is 15.2 Å². The van der Waals surface area contributed by atoms with Crippen molar-refractivity contribution in [3.05, 3.63) is 65.2 Å². The average molecular weight is 327 g/mol. The highest BCUT2D eigenvalue weighted by Crippen LogP contribution is 2.11. The van der Waals surface area contributed by atoms with Gasteiger partial charge in [0.2, 0.25) is 0 Å². The summed E-state index contributed by atoms with van der Waals surface area (Å²) in [6.45, 7) is 0.541. The molecule has 0 bridgehead atoms. The predicted molar refractivity (Wildman–Crippen MR) is 91.4 cm³/mol. The quantitative estimate of drug-likeness (QED) is 0.781. The molecule has 0 aliphatic carbocycles. The lowest BCUT2D eigenvalue weighted by Crippen LogP contribution is -2.25. The summed E-state index contributed by atoms with van der Waals surface area (Å²) in [6.07, 6.45) is 1.39. The molecule has 5 heteroatoms. The summed E-state index contributed by atoms with van der Waals surface area (Å²) in [7, 11) is 1.59. The number of benzene rings is 2. The molecule has 0 spiro atoms. The van der Waals surface area contributed by atoms with E-state index in [9.17, 15) is 9.59 Å². The molecule has 2 aromatic rings. The summed E-state index contributed by atoms with van der Waals surface area (Å²) in [6, 6.07) is 14.8. The number of methoxy groups -OCH3 is 1. The van der Waals surface area contributed by atoms with E-state index < -0.39 is 5.97 Å². The molecule has 2 aromatic carbocycles. The van der Waals surface area contributed by atoms with E-state index >= 15 is 0 Å². The zero-order chi connectivity index (χ0) is 17.4. The van der Waals surface area contributed by atoms with Crippen molar-refractivity contribution < 1.29 is 19.4 Å². The third-order valence-electron chi connectivity index (χ3n) is 3.70. The molecule has 24 heavy (non-hydrogen) atoms. The van der Waals surface area contributed by atoms with Gasteiger partial charge in [0.15, 0.2) is 0 Å². The second-order valence-corrected chi connectivity index (χ2v) is 5.44. The van der Waals surface area contributed by atoms with Crippen LogP contribution in [0.3, 0.4) is 0 Å². The highest BCUT2D eigenvalue weighted by atomic mass is 16.5. The maximum absolute atomic E-state index is 12.0. The third kappa shape index (κ3) is 5.43. The van der Waals surface area contributed by atoms with Gasteiger partial charge in [-0.1, -0.05) is 24.3 Å². The first kappa shape index (κ1) is 17.5. The van der Waals surface area contributed by atoms with Crippen LogP contribution in [0.5, 0.6) is 5.75 Å². The number of carbonyl (C=O) groups excluding carboxylic acids is 1. The number of carboxylic acid groups (broad SMARTS) is 1. The van der Waals surface area contributed by atoms with Crippen molar-refractivity contribution in [3.63, 3.8) is 0 Å². The first-order valence-electron chi connectivity index (χ1n) is 7.80. The van der Waals surface area contributed by atoms with E-state index in [4.69, 9.17) is 9.84 Å². The Bertz CT molecular complexity index is 678. The number of ether oxygens (including phenoxy) is 1. The van der Waals surface area contributed by atoms with Gasteiger partial charge in [0.1, 0.15) is 5.75 Å². The second-order valence-electron chi connectivity index (χ2n) is 5.44. The number of nitrogens with one attached hydrogen (secondary N) is 1. The summed E-state index contributed by atoms with van der Waals surface area (Å²) >= 11 is 0. The summed E-state index contributed by atoms with van der Waals surface area (Å²) in [5.74, 6) is -0.189. The number of rotatable bonds is 8. The Hall–Kier alpha value is -2.82. The molecular formula is C19H21NO4. The molecule has 2 rings (SSSR count). The zero-order valence-electron chi connectivity index (χ0n) is 13.6. The molecule has 0 heterocycles. The van der Waals surface area contributed by atoms with Gasteiger partial charge in [-0.2, -0.15) is 0 Å². The zero-order valence-corrected chi connectivity index (χ0v) is 13.6. The first-order chi connectivity index (χ1) is 11.6. The number of amides is 1. The Labute approximate surface area is 141 Å². The molecule has 0 saturated heterocycles. The molecular weight excluding hydrogens is 306 g/mol. The number of hydrogen-bond acceptors (Lipinski definition) is 3. The molecule has 0 aromatic heterocycles. The number of carboxylic acids is 1. The highest BCUT2D eigenvalue weighted by molar-refractivity contribution is 5.94. The Morgan fingerprint density at radius 1 is 0.958 bits per heavy atom. The molecule has 0 fully saturated rings. The minimum absolute atomic E-state index is 0.115. The van der Waals surface area contributed by atoms with E-state index in [0.29, 0.717) is 18.5 Å². The van der Waals surface area contributed by atoms with Crippen molar-refractivity contribution in [2.24, 2.45) is 0 Å². The highest BCUT2D eigenvalue weighted by Gasteiger charge is 2.05. The number of aliphatic carboxylic acids is 1. The van der Waals surface area contributed by atoms with Gasteiger partial charge in [-0.15, -0.1) is 0 Å². The summed E-state index contributed by atoms with van der Waals surface area (Å²) in [5, 5.41) is 11.6. The van der Waals surface area contributed by atoms with E-state index in [1.807, 2.05) is 24.3 Å². The van der Waals surface area contributed by atoms with Crippen LogP contribution in [0.2, 0.25) is 0 Å². The van der Waals surface area contributed by atoms with Gasteiger partial charge in [-0.25, -0.2) is 0 Å². The molecule has 0 unspecified atom stereocenters. The smallest absolute Gasteiger partial charge is 0.303 e. The molecule has 0 aliphatic heterocycles. The number of aryl methyl sites for hydroxylation is 1. The fourth-order valence-electron chi connectivity index (χ4n) is 2.29. The standard InChI is InChI=1S/C19H21NO4/c1-24-17-9-7-16(8-10-17)19(23)20-13-12-15-4-2-14(3-5-15)6-11-18(21)22/h2-5,7-10H,6,11-13H2,1H3,(H,20,23)(H,21,22). The molecule has 2 N–H and O–H groups in total. The fourth-order valence-corrected chi connectivity index (χ4v) is 2.29. The third-order valence-corrected chi connectivity index (χ3v) is 3.70. The van der Waals surface area contributed by atoms with Crippen molar-refractivity contribution in [2.75, 3.05) is 13.7 Å². The van der Waals surface area contributed by atoms with Gasteiger partial charge >= 0.3 is 5.97 Å². The van der Waals surface area contributed by atoms with Crippen molar-refractivity contribution in [1.29, 1.82) is 0 Å². The Balaban J connectivity index is 1.78. The van der Waals surface area contributed by atoms with Crippen molar-refractivity contribution >= 4 is 11.9 Å². The van der Waals surface area contributed by atoms with Crippen molar-refractivity contribution in [1.82, 2.24) is 5.32 Å². The van der Waals surface area contributed by atoms with Crippen LogP contribution in [0.15, 0.2) is 48.5 Å². The van der Waals surface area contributed by atoms with Gasteiger partial charge in [-0.3, -0.25) is 9.59 Å². The van der Waals surface area contributed by atoms with Gasteiger partial charge in [-0.05, 0) is 48.2 Å². The molecule has 0 aliphatic rings. The second kappa shape index (κ2) is 8.72. The Morgan fingerprint density at radius 3 is 2.08 bits per heavy atom. The predicted octanol–water partition coefficient (Wildman–Crippen LogP) is 2.68. The van der Waals surface area contributed by atoms with Crippen LogP contribution in [0, 0.1) is 0 Å². The average Bonchev–Trinajstić information content (AvgIpc) is 2.61. The van der Waals surface area contributed by atoms with Crippen LogP contribution in [-0.2, 0) is 17.6 Å². The molecule has 0 radical (unpaired) electrons. The fraction of sp³-hybridized carbons (Fsp3) is 0.263. The topological polar surface area (TPSA) is 75.6 Å². The lowest BCUT2D eigenvalue weighted by Gasteiger charge is -2.07. The molecule has 126 valence electrons. The first-order valence-corrected chi connectivity index (χ1v) is 7.80. The Morgan fingerprint density at radius 2 is 1.54 bits per heavy atom.